The average Bonchev–Trinajstić information content (AvgIpc) is 2.81. The van der Waals surface area contributed by atoms with Crippen LogP contribution in [0.3, 0.4) is 0 Å². The molecule has 0 aliphatic carbocycles. The van der Waals surface area contributed by atoms with Gasteiger partial charge in [-0.1, -0.05) is 60.3 Å². The Hall–Kier alpha value is -3.89. The van der Waals surface area contributed by atoms with Crippen LogP contribution in [0.4, 0.5) is 0 Å². The van der Waals surface area contributed by atoms with Crippen molar-refractivity contribution in [3.63, 3.8) is 0 Å². The maximum absolute atomic E-state index is 12.9. The number of hydrogen-bond acceptors (Lipinski definition) is 7. The van der Waals surface area contributed by atoms with Crippen LogP contribution < -0.4 is 10.9 Å². The summed E-state index contributed by atoms with van der Waals surface area (Å²) in [6.45, 7) is 3.26. The van der Waals surface area contributed by atoms with E-state index in [0.29, 0.717) is 32.8 Å². The fourth-order valence-corrected chi connectivity index (χ4v) is 4.92. The van der Waals surface area contributed by atoms with Gasteiger partial charge < -0.3 is 9.73 Å². The molecule has 2 aromatic carbocycles. The van der Waals surface area contributed by atoms with Crippen LogP contribution in [0.15, 0.2) is 91.7 Å². The Labute approximate surface area is 194 Å². The minimum atomic E-state index is -0.692. The maximum Gasteiger partial charge on any atom is 0.347 e. The van der Waals surface area contributed by atoms with Gasteiger partial charge in [0, 0.05) is 16.7 Å². The number of nitrogens with one attached hydrogen (secondary N) is 1. The zero-order chi connectivity index (χ0) is 23.5. The van der Waals surface area contributed by atoms with Gasteiger partial charge in [-0.15, -0.1) is 0 Å². The number of fused-ring (bicyclic) bond motifs is 1. The number of nitrogens with zero attached hydrogens (tertiary/aromatic N) is 1. The molecule has 0 unspecified atom stereocenters. The van der Waals surface area contributed by atoms with Crippen LogP contribution in [0.25, 0.3) is 11.0 Å². The van der Waals surface area contributed by atoms with Crippen molar-refractivity contribution in [1.29, 1.82) is 5.26 Å². The SMILES string of the molecule is CC(=O)C1=C(C)NC(SCC(=O)c2cc3ccccc3oc2=O)=C(C#N)[C@@H]1c1ccccc1. The Bertz CT molecular complexity index is 1430. The Morgan fingerprint density at radius 3 is 2.52 bits per heavy atom. The molecular weight excluding hydrogens is 436 g/mol. The Morgan fingerprint density at radius 1 is 1.12 bits per heavy atom. The summed E-state index contributed by atoms with van der Waals surface area (Å²) in [6, 6.07) is 20.1. The number of Topliss-reactive ketones (excluding diaryl/α,β-unsaturated/α-hetero) is 2. The van der Waals surface area contributed by atoms with E-state index in [1.54, 1.807) is 31.2 Å². The number of para-hydroxylation sites is 1. The summed E-state index contributed by atoms with van der Waals surface area (Å²) in [7, 11) is 0. The van der Waals surface area contributed by atoms with Crippen LogP contribution in [0.2, 0.25) is 0 Å². The van der Waals surface area contributed by atoms with Crippen molar-refractivity contribution in [2.75, 3.05) is 5.75 Å². The lowest BCUT2D eigenvalue weighted by atomic mass is 9.81. The third-order valence-corrected chi connectivity index (χ3v) is 6.47. The zero-order valence-corrected chi connectivity index (χ0v) is 18.9. The van der Waals surface area contributed by atoms with E-state index in [-0.39, 0.29) is 17.1 Å². The van der Waals surface area contributed by atoms with Crippen LogP contribution in [0, 0.1) is 11.3 Å². The molecule has 0 radical (unpaired) electrons. The normalized spacial score (nSPS) is 15.8. The van der Waals surface area contributed by atoms with Crippen LogP contribution in [0.5, 0.6) is 0 Å². The first-order valence-electron chi connectivity index (χ1n) is 10.3. The second kappa shape index (κ2) is 9.31. The van der Waals surface area contributed by atoms with E-state index in [2.05, 4.69) is 11.4 Å². The van der Waals surface area contributed by atoms with Crippen molar-refractivity contribution >= 4 is 34.3 Å². The summed E-state index contributed by atoms with van der Waals surface area (Å²) in [4.78, 5) is 37.6. The van der Waals surface area contributed by atoms with Crippen molar-refractivity contribution in [3.8, 4) is 6.07 Å². The first kappa shape index (κ1) is 22.3. The molecule has 1 atom stereocenters. The fraction of sp³-hybridized carbons (Fsp3) is 0.154. The molecule has 4 rings (SSSR count). The molecule has 6 nitrogen and oxygen atoms in total. The summed E-state index contributed by atoms with van der Waals surface area (Å²) < 4.78 is 5.27. The van der Waals surface area contributed by atoms with Gasteiger partial charge in [-0.05, 0) is 31.5 Å². The predicted octanol–water partition coefficient (Wildman–Crippen LogP) is 4.69. The third-order valence-electron chi connectivity index (χ3n) is 5.45. The zero-order valence-electron chi connectivity index (χ0n) is 18.0. The number of dihydropyridines is 1. The van der Waals surface area contributed by atoms with E-state index in [1.807, 2.05) is 30.3 Å². The number of thioether (sulfide) groups is 1. The number of carbonyl (C=O) groups is 2. The quantitative estimate of drug-likeness (QED) is 0.424. The Kier molecular flexibility index (Phi) is 6.29. The van der Waals surface area contributed by atoms with Gasteiger partial charge in [0.2, 0.25) is 0 Å². The van der Waals surface area contributed by atoms with E-state index < -0.39 is 17.3 Å². The predicted molar refractivity (Wildman–Crippen MR) is 128 cm³/mol. The summed E-state index contributed by atoms with van der Waals surface area (Å²) in [5.74, 6) is -1.13. The lowest BCUT2D eigenvalue weighted by Gasteiger charge is -2.29. The molecule has 7 heteroatoms. The molecule has 1 N–H and O–H groups in total. The van der Waals surface area contributed by atoms with E-state index in [1.165, 1.54) is 13.0 Å². The molecule has 0 fully saturated rings. The van der Waals surface area contributed by atoms with E-state index >= 15 is 0 Å². The molecule has 1 aliphatic rings. The molecule has 1 aliphatic heterocycles. The van der Waals surface area contributed by atoms with Crippen molar-refractivity contribution in [2.45, 2.75) is 19.8 Å². The van der Waals surface area contributed by atoms with Gasteiger partial charge in [0.1, 0.15) is 11.1 Å². The van der Waals surface area contributed by atoms with E-state index in [4.69, 9.17) is 4.42 Å². The molecule has 0 bridgehead atoms. The lowest BCUT2D eigenvalue weighted by Crippen LogP contribution is -2.27. The third kappa shape index (κ3) is 4.38. The van der Waals surface area contributed by atoms with Crippen molar-refractivity contribution in [2.24, 2.45) is 0 Å². The summed E-state index contributed by atoms with van der Waals surface area (Å²) in [5.41, 5.74) is 2.02. The highest BCUT2D eigenvalue weighted by Gasteiger charge is 2.33. The Morgan fingerprint density at radius 2 is 1.82 bits per heavy atom. The largest absolute Gasteiger partial charge is 0.422 e. The van der Waals surface area contributed by atoms with Crippen LogP contribution >= 0.6 is 11.8 Å². The monoisotopic (exact) mass is 456 g/mol. The van der Waals surface area contributed by atoms with Gasteiger partial charge in [0.25, 0.3) is 0 Å². The van der Waals surface area contributed by atoms with Gasteiger partial charge in [0.15, 0.2) is 11.6 Å². The molecule has 0 spiro atoms. The Balaban J connectivity index is 1.67. The number of allylic oxidation sites excluding steroid dienone is 3. The molecule has 2 heterocycles. The summed E-state index contributed by atoms with van der Waals surface area (Å²) in [5, 5.41) is 14.3. The number of ketones is 2. The molecule has 1 aromatic heterocycles. The second-order valence-electron chi connectivity index (χ2n) is 7.62. The molecule has 0 saturated heterocycles. The van der Waals surface area contributed by atoms with Crippen molar-refractivity contribution < 1.29 is 14.0 Å². The van der Waals surface area contributed by atoms with Crippen molar-refractivity contribution in [1.82, 2.24) is 5.32 Å². The smallest absolute Gasteiger partial charge is 0.347 e. The van der Waals surface area contributed by atoms with Gasteiger partial charge in [-0.2, -0.15) is 5.26 Å². The highest BCUT2D eigenvalue weighted by Crippen LogP contribution is 2.40. The highest BCUT2D eigenvalue weighted by atomic mass is 32.2. The van der Waals surface area contributed by atoms with Gasteiger partial charge in [0.05, 0.1) is 28.3 Å². The van der Waals surface area contributed by atoms with E-state index in [9.17, 15) is 19.6 Å². The lowest BCUT2D eigenvalue weighted by molar-refractivity contribution is -0.113. The number of carbonyl (C=O) groups excluding carboxylic acids is 2. The van der Waals surface area contributed by atoms with E-state index in [0.717, 1.165) is 17.3 Å². The first-order valence-corrected chi connectivity index (χ1v) is 11.3. The highest BCUT2D eigenvalue weighted by molar-refractivity contribution is 8.03. The summed E-state index contributed by atoms with van der Waals surface area (Å²) >= 11 is 1.13. The van der Waals surface area contributed by atoms with Gasteiger partial charge >= 0.3 is 5.63 Å². The van der Waals surface area contributed by atoms with Crippen LogP contribution in [0.1, 0.15) is 35.7 Å². The van der Waals surface area contributed by atoms with Gasteiger partial charge in [-0.25, -0.2) is 4.79 Å². The number of benzene rings is 2. The average molecular weight is 457 g/mol. The minimum absolute atomic E-state index is 0.0348. The molecule has 33 heavy (non-hydrogen) atoms. The maximum atomic E-state index is 12.9. The first-order chi connectivity index (χ1) is 15.9. The molecule has 3 aromatic rings. The molecule has 164 valence electrons. The molecular formula is C26H20N2O4S. The molecule has 0 saturated carbocycles. The fourth-order valence-electron chi connectivity index (χ4n) is 3.94. The number of hydrogen-bond donors (Lipinski definition) is 1. The molecule has 0 amide bonds. The topological polar surface area (TPSA) is 100 Å². The minimum Gasteiger partial charge on any atom is -0.422 e. The van der Waals surface area contributed by atoms with Crippen LogP contribution in [-0.2, 0) is 4.79 Å². The number of nitriles is 1. The standard InChI is InChI=1S/C26H20N2O4S/c1-15-23(16(2)29)24(17-8-4-3-5-9-17)20(13-27)25(28-15)33-14-21(30)19-12-18-10-6-7-11-22(18)32-26(19)31/h3-12,24,28H,14H2,1-2H3/t24-/m0/s1. The van der Waals surface area contributed by atoms with Crippen molar-refractivity contribution in [3.05, 3.63) is 104 Å². The van der Waals surface area contributed by atoms with Crippen LogP contribution in [-0.4, -0.2) is 17.3 Å². The number of rotatable bonds is 6. The van der Waals surface area contributed by atoms with Gasteiger partial charge in [-0.3, -0.25) is 9.59 Å². The summed E-state index contributed by atoms with van der Waals surface area (Å²) in [6.07, 6.45) is 0. The second-order valence-corrected chi connectivity index (χ2v) is 8.60.